The van der Waals surface area contributed by atoms with Gasteiger partial charge in [0.05, 0.1) is 16.7 Å². The Morgan fingerprint density at radius 2 is 1.35 bits per heavy atom. The minimum atomic E-state index is 0.465. The first-order valence-corrected chi connectivity index (χ1v) is 18.0. The first-order chi connectivity index (χ1) is 25.2. The lowest BCUT2D eigenvalue weighted by Gasteiger charge is -2.21. The number of thiophene rings is 1. The lowest BCUT2D eigenvalue weighted by Crippen LogP contribution is -2.14. The molecule has 10 aromatic rings. The molecule has 4 nitrogen and oxygen atoms in total. The molecule has 0 aliphatic carbocycles. The van der Waals surface area contributed by atoms with Crippen molar-refractivity contribution < 1.29 is 4.74 Å². The quantitative estimate of drug-likeness (QED) is 0.115. The highest BCUT2D eigenvalue weighted by Gasteiger charge is 2.21. The van der Waals surface area contributed by atoms with Crippen molar-refractivity contribution in [2.45, 2.75) is 6.42 Å². The Morgan fingerprint density at radius 1 is 0.608 bits per heavy atom. The molecule has 1 aliphatic heterocycles. The Kier molecular flexibility index (Phi) is 6.01. The summed E-state index contributed by atoms with van der Waals surface area (Å²) in [4.78, 5) is 5.00. The number of benzene rings is 8. The first-order valence-electron chi connectivity index (χ1n) is 17.2. The maximum Gasteiger partial charge on any atom is 0.133 e. The predicted molar refractivity (Wildman–Crippen MR) is 215 cm³/mol. The van der Waals surface area contributed by atoms with Crippen LogP contribution in [-0.4, -0.2) is 10.4 Å². The highest BCUT2D eigenvalue weighted by atomic mass is 32.1. The Balaban J connectivity index is 1.12. The van der Waals surface area contributed by atoms with Crippen molar-refractivity contribution in [2.75, 3.05) is 0 Å². The smallest absolute Gasteiger partial charge is 0.133 e. The molecule has 0 saturated heterocycles. The largest absolute Gasteiger partial charge is 0.457 e. The van der Waals surface area contributed by atoms with Crippen molar-refractivity contribution in [1.29, 1.82) is 0 Å². The third-order valence-electron chi connectivity index (χ3n) is 10.5. The molecule has 3 heterocycles. The van der Waals surface area contributed by atoms with Crippen LogP contribution in [0.25, 0.3) is 69.2 Å². The van der Waals surface area contributed by atoms with Crippen LogP contribution in [-0.2, 0) is 6.42 Å². The van der Waals surface area contributed by atoms with Gasteiger partial charge in [-0.1, -0.05) is 103 Å². The molecule has 0 atom stereocenters. The van der Waals surface area contributed by atoms with Crippen LogP contribution in [0.4, 0.5) is 5.69 Å². The fourth-order valence-corrected chi connectivity index (χ4v) is 9.28. The van der Waals surface area contributed by atoms with Crippen molar-refractivity contribution in [2.24, 2.45) is 10.7 Å². The predicted octanol–water partition coefficient (Wildman–Crippen LogP) is 12.2. The normalized spacial score (nSPS) is 13.0. The standard InChI is InChI=1S/C46H29N3OS/c47-46(48-37-14-8-17-40-36(37)26-28-9-1-5-16-39(28)50-40)29-10-7-11-30(25-29)49-38-15-4-2-12-31(38)33-23-22-32-34(45(33)49)21-19-27-20-24-42-44(43(27)32)35-13-3-6-18-41(35)51-42/h1-25H,26H2,(H2,47,48). The molecule has 0 radical (unpaired) electrons. The summed E-state index contributed by atoms with van der Waals surface area (Å²) in [6.07, 6.45) is 0.745. The van der Waals surface area contributed by atoms with Gasteiger partial charge in [-0.2, -0.15) is 0 Å². The molecule has 1 aliphatic rings. The zero-order chi connectivity index (χ0) is 33.6. The molecule has 8 aromatic carbocycles. The third-order valence-corrected chi connectivity index (χ3v) is 11.6. The number of rotatable bonds is 3. The molecule has 0 saturated carbocycles. The van der Waals surface area contributed by atoms with E-state index in [0.717, 1.165) is 51.5 Å². The van der Waals surface area contributed by atoms with Gasteiger partial charge in [-0.25, -0.2) is 4.99 Å². The SMILES string of the molecule is NC(=Nc1cccc2c1Cc1ccccc1O2)c1cccc(-n2c3ccccc3c3ccc4c(ccc5ccc6sc7ccccc7c6c54)c32)c1. The lowest BCUT2D eigenvalue weighted by atomic mass is 9.96. The number of hydrogen-bond acceptors (Lipinski definition) is 3. The van der Waals surface area contributed by atoms with E-state index in [9.17, 15) is 0 Å². The second-order valence-electron chi connectivity index (χ2n) is 13.3. The van der Waals surface area contributed by atoms with E-state index < -0.39 is 0 Å². The Hall–Kier alpha value is -6.43. The average Bonchev–Trinajstić information content (AvgIpc) is 3.73. The molecule has 0 bridgehead atoms. The summed E-state index contributed by atoms with van der Waals surface area (Å²) in [7, 11) is 0. The fraction of sp³-hybridized carbons (Fsp3) is 0.0217. The Bertz CT molecular complexity index is 3110. The summed E-state index contributed by atoms with van der Waals surface area (Å²) in [6.45, 7) is 0. The number of aliphatic imine (C=N–C) groups is 1. The van der Waals surface area contributed by atoms with E-state index >= 15 is 0 Å². The summed E-state index contributed by atoms with van der Waals surface area (Å²) in [5.74, 6) is 2.19. The molecular formula is C46H29N3OS. The molecule has 51 heavy (non-hydrogen) atoms. The molecule has 11 rings (SSSR count). The minimum Gasteiger partial charge on any atom is -0.457 e. The first kappa shape index (κ1) is 28.4. The fourth-order valence-electron chi connectivity index (χ4n) is 8.16. The van der Waals surface area contributed by atoms with E-state index in [2.05, 4.69) is 114 Å². The second kappa shape index (κ2) is 10.8. The van der Waals surface area contributed by atoms with Crippen LogP contribution in [0.1, 0.15) is 16.7 Å². The number of amidine groups is 1. The van der Waals surface area contributed by atoms with Crippen molar-refractivity contribution in [3.8, 4) is 17.2 Å². The molecule has 0 spiro atoms. The average molecular weight is 672 g/mol. The molecule has 0 unspecified atom stereocenters. The van der Waals surface area contributed by atoms with Crippen LogP contribution in [0.3, 0.4) is 0 Å². The van der Waals surface area contributed by atoms with Crippen LogP contribution in [0.2, 0.25) is 0 Å². The van der Waals surface area contributed by atoms with E-state index in [-0.39, 0.29) is 0 Å². The van der Waals surface area contributed by atoms with Crippen LogP contribution < -0.4 is 10.5 Å². The summed E-state index contributed by atoms with van der Waals surface area (Å²) in [5, 5.41) is 10.1. The van der Waals surface area contributed by atoms with Crippen LogP contribution >= 0.6 is 11.3 Å². The van der Waals surface area contributed by atoms with Gasteiger partial charge in [0, 0.05) is 59.6 Å². The maximum atomic E-state index is 6.84. The minimum absolute atomic E-state index is 0.465. The second-order valence-corrected chi connectivity index (χ2v) is 14.4. The van der Waals surface area contributed by atoms with Gasteiger partial charge in [0.1, 0.15) is 17.3 Å². The van der Waals surface area contributed by atoms with Gasteiger partial charge in [0.2, 0.25) is 0 Å². The lowest BCUT2D eigenvalue weighted by molar-refractivity contribution is 0.460. The van der Waals surface area contributed by atoms with Gasteiger partial charge < -0.3 is 15.0 Å². The van der Waals surface area contributed by atoms with E-state index in [4.69, 9.17) is 15.5 Å². The monoisotopic (exact) mass is 671 g/mol. The Labute approximate surface area is 297 Å². The highest BCUT2D eigenvalue weighted by molar-refractivity contribution is 7.26. The van der Waals surface area contributed by atoms with Gasteiger partial charge in [-0.05, 0) is 70.3 Å². The van der Waals surface area contributed by atoms with E-state index in [1.165, 1.54) is 58.0 Å². The van der Waals surface area contributed by atoms with Gasteiger partial charge in [-0.3, -0.25) is 0 Å². The number of fused-ring (bicyclic) bond motifs is 13. The Morgan fingerprint density at radius 3 is 2.31 bits per heavy atom. The molecule has 240 valence electrons. The number of aromatic nitrogens is 1. The molecule has 5 heteroatoms. The van der Waals surface area contributed by atoms with Gasteiger partial charge in [0.15, 0.2) is 0 Å². The molecular weight excluding hydrogens is 643 g/mol. The number of nitrogens with two attached hydrogens (primary N) is 1. The number of para-hydroxylation sites is 2. The number of nitrogens with zero attached hydrogens (tertiary/aromatic N) is 2. The highest BCUT2D eigenvalue weighted by Crippen LogP contribution is 2.45. The molecule has 2 aromatic heterocycles. The zero-order valence-corrected chi connectivity index (χ0v) is 28.2. The van der Waals surface area contributed by atoms with Crippen molar-refractivity contribution in [3.05, 3.63) is 168 Å². The zero-order valence-electron chi connectivity index (χ0n) is 27.4. The van der Waals surface area contributed by atoms with Crippen molar-refractivity contribution >= 4 is 86.4 Å². The summed E-state index contributed by atoms with van der Waals surface area (Å²) < 4.78 is 11.3. The maximum absolute atomic E-state index is 6.84. The van der Waals surface area contributed by atoms with Crippen LogP contribution in [0.15, 0.2) is 157 Å². The third kappa shape index (κ3) is 4.22. The van der Waals surface area contributed by atoms with E-state index in [1.807, 2.05) is 53.8 Å². The number of ether oxygens (including phenoxy) is 1. The van der Waals surface area contributed by atoms with Gasteiger partial charge in [-0.15, -0.1) is 11.3 Å². The topological polar surface area (TPSA) is 52.5 Å². The van der Waals surface area contributed by atoms with E-state index in [0.29, 0.717) is 5.84 Å². The summed E-state index contributed by atoms with van der Waals surface area (Å²) >= 11 is 1.87. The van der Waals surface area contributed by atoms with E-state index in [1.54, 1.807) is 0 Å². The van der Waals surface area contributed by atoms with Gasteiger partial charge in [0.25, 0.3) is 0 Å². The van der Waals surface area contributed by atoms with Crippen LogP contribution in [0.5, 0.6) is 11.5 Å². The van der Waals surface area contributed by atoms with Crippen molar-refractivity contribution in [3.63, 3.8) is 0 Å². The number of hydrogen-bond donors (Lipinski definition) is 1. The molecule has 2 N–H and O–H groups in total. The summed E-state index contributed by atoms with van der Waals surface area (Å²) in [5.41, 5.74) is 14.1. The van der Waals surface area contributed by atoms with Crippen molar-refractivity contribution in [1.82, 2.24) is 4.57 Å². The van der Waals surface area contributed by atoms with Gasteiger partial charge >= 0.3 is 0 Å². The summed E-state index contributed by atoms with van der Waals surface area (Å²) in [6, 6.07) is 53.8. The molecule has 0 fully saturated rings. The molecule has 0 amide bonds. The van der Waals surface area contributed by atoms with Crippen LogP contribution in [0, 0.1) is 0 Å².